The monoisotopic (exact) mass is 215 g/mol. The van der Waals surface area contributed by atoms with Crippen LogP contribution in [0.25, 0.3) is 0 Å². The molecule has 0 saturated carbocycles. The van der Waals surface area contributed by atoms with Gasteiger partial charge in [-0.3, -0.25) is 4.79 Å². The highest BCUT2D eigenvalue weighted by Crippen LogP contribution is 2.12. The van der Waals surface area contributed by atoms with Crippen LogP contribution in [0.3, 0.4) is 0 Å². The Balaban J connectivity index is 2.62. The summed E-state index contributed by atoms with van der Waals surface area (Å²) in [6.45, 7) is 0. The summed E-state index contributed by atoms with van der Waals surface area (Å²) in [5, 5.41) is 8.49. The van der Waals surface area contributed by atoms with Crippen LogP contribution in [0.2, 0.25) is 0 Å². The molecule has 1 aromatic rings. The number of carboxylic acid groups (broad SMARTS) is 1. The fraction of sp³-hybridized carbons (Fsp3) is 0.300. The summed E-state index contributed by atoms with van der Waals surface area (Å²) in [6, 6.07) is 2.17. The van der Waals surface area contributed by atoms with Gasteiger partial charge in [0.05, 0.1) is 0 Å². The molecule has 0 radical (unpaired) electrons. The van der Waals surface area contributed by atoms with Crippen LogP contribution in [0.15, 0.2) is 18.2 Å². The number of nitrogens with two attached hydrogens (primary N) is 1. The van der Waals surface area contributed by atoms with Gasteiger partial charge in [-0.2, -0.15) is 0 Å². The van der Waals surface area contributed by atoms with E-state index < -0.39 is 23.6 Å². The highest BCUT2D eigenvalue weighted by Gasteiger charge is 2.12. The minimum absolute atomic E-state index is 0.123. The van der Waals surface area contributed by atoms with Crippen molar-refractivity contribution in [3.63, 3.8) is 0 Å². The van der Waals surface area contributed by atoms with E-state index in [1.54, 1.807) is 0 Å². The van der Waals surface area contributed by atoms with E-state index >= 15 is 0 Å². The normalized spacial score (nSPS) is 12.5. The van der Waals surface area contributed by atoms with Crippen LogP contribution in [-0.2, 0) is 11.2 Å². The first-order valence-corrected chi connectivity index (χ1v) is 4.43. The molecule has 1 aromatic carbocycles. The third kappa shape index (κ3) is 3.28. The number of aliphatic carboxylic acids is 1. The zero-order chi connectivity index (χ0) is 11.4. The summed E-state index contributed by atoms with van der Waals surface area (Å²) in [4.78, 5) is 10.4. The fourth-order valence-corrected chi connectivity index (χ4v) is 1.16. The maximum absolute atomic E-state index is 13.1. The third-order valence-electron chi connectivity index (χ3n) is 2.06. The van der Waals surface area contributed by atoms with E-state index in [1.165, 1.54) is 6.07 Å². The second kappa shape index (κ2) is 4.84. The van der Waals surface area contributed by atoms with Crippen LogP contribution in [-0.4, -0.2) is 17.1 Å². The topological polar surface area (TPSA) is 63.3 Å². The number of aryl methyl sites for hydroxylation is 1. The predicted octanol–water partition coefficient (Wildman–Crippen LogP) is 1.31. The first-order valence-electron chi connectivity index (χ1n) is 4.43. The molecular weight excluding hydrogens is 204 g/mol. The summed E-state index contributed by atoms with van der Waals surface area (Å²) >= 11 is 0. The van der Waals surface area contributed by atoms with E-state index in [9.17, 15) is 13.6 Å². The van der Waals surface area contributed by atoms with Crippen molar-refractivity contribution in [2.45, 2.75) is 18.9 Å². The number of halogens is 2. The van der Waals surface area contributed by atoms with Gasteiger partial charge in [-0.05, 0) is 24.5 Å². The Bertz CT molecular complexity index is 368. The van der Waals surface area contributed by atoms with E-state index in [-0.39, 0.29) is 18.4 Å². The van der Waals surface area contributed by atoms with E-state index in [1.807, 2.05) is 0 Å². The van der Waals surface area contributed by atoms with Gasteiger partial charge in [-0.25, -0.2) is 8.78 Å². The van der Waals surface area contributed by atoms with Crippen LogP contribution >= 0.6 is 0 Å². The Hall–Kier alpha value is -1.49. The molecule has 0 bridgehead atoms. The van der Waals surface area contributed by atoms with Crippen molar-refractivity contribution in [3.8, 4) is 0 Å². The van der Waals surface area contributed by atoms with Crippen molar-refractivity contribution < 1.29 is 18.7 Å². The Morgan fingerprint density at radius 1 is 1.47 bits per heavy atom. The summed E-state index contributed by atoms with van der Waals surface area (Å²) in [5.41, 5.74) is 5.52. The van der Waals surface area contributed by atoms with Gasteiger partial charge in [0, 0.05) is 6.07 Å². The van der Waals surface area contributed by atoms with E-state index in [2.05, 4.69) is 0 Å². The maximum Gasteiger partial charge on any atom is 0.320 e. The molecule has 0 heterocycles. The molecular formula is C10H11F2NO2. The number of carboxylic acids is 1. The molecule has 82 valence electrons. The maximum atomic E-state index is 13.1. The molecule has 0 fully saturated rings. The smallest absolute Gasteiger partial charge is 0.320 e. The van der Waals surface area contributed by atoms with Crippen molar-refractivity contribution in [2.24, 2.45) is 5.73 Å². The first kappa shape index (κ1) is 11.6. The van der Waals surface area contributed by atoms with Gasteiger partial charge >= 0.3 is 5.97 Å². The molecule has 0 amide bonds. The lowest BCUT2D eigenvalue weighted by atomic mass is 10.1. The predicted molar refractivity (Wildman–Crippen MR) is 50.3 cm³/mol. The number of benzene rings is 1. The second-order valence-corrected chi connectivity index (χ2v) is 3.22. The molecule has 1 atom stereocenters. The Morgan fingerprint density at radius 2 is 2.13 bits per heavy atom. The number of hydrogen-bond acceptors (Lipinski definition) is 2. The van der Waals surface area contributed by atoms with Crippen LogP contribution in [0.1, 0.15) is 12.0 Å². The third-order valence-corrected chi connectivity index (χ3v) is 2.06. The molecule has 5 heteroatoms. The van der Waals surface area contributed by atoms with Crippen molar-refractivity contribution in [1.29, 1.82) is 0 Å². The SMILES string of the molecule is N[C@@H](CCc1ccc(F)cc1F)C(=O)O. The van der Waals surface area contributed by atoms with Crippen molar-refractivity contribution >= 4 is 5.97 Å². The number of rotatable bonds is 4. The summed E-state index contributed by atoms with van der Waals surface area (Å²) in [5.74, 6) is -2.45. The van der Waals surface area contributed by atoms with Gasteiger partial charge < -0.3 is 10.8 Å². The Kier molecular flexibility index (Phi) is 3.74. The van der Waals surface area contributed by atoms with Crippen molar-refractivity contribution in [2.75, 3.05) is 0 Å². The van der Waals surface area contributed by atoms with E-state index in [0.29, 0.717) is 0 Å². The molecule has 3 N–H and O–H groups in total. The molecule has 0 aromatic heterocycles. The van der Waals surface area contributed by atoms with Crippen LogP contribution in [0.4, 0.5) is 8.78 Å². The quantitative estimate of drug-likeness (QED) is 0.795. The standard InChI is InChI=1S/C10H11F2NO2/c11-7-3-1-6(8(12)5-7)2-4-9(13)10(14)15/h1,3,5,9H,2,4,13H2,(H,14,15)/t9-/m0/s1. The van der Waals surface area contributed by atoms with E-state index in [4.69, 9.17) is 10.8 Å². The minimum atomic E-state index is -1.13. The zero-order valence-electron chi connectivity index (χ0n) is 7.91. The highest BCUT2D eigenvalue weighted by molar-refractivity contribution is 5.73. The fourth-order valence-electron chi connectivity index (χ4n) is 1.16. The molecule has 1 rings (SSSR count). The molecule has 0 aliphatic heterocycles. The Labute approximate surface area is 85.5 Å². The first-order chi connectivity index (χ1) is 7.00. The van der Waals surface area contributed by atoms with Crippen LogP contribution in [0.5, 0.6) is 0 Å². The van der Waals surface area contributed by atoms with Crippen molar-refractivity contribution in [3.05, 3.63) is 35.4 Å². The largest absolute Gasteiger partial charge is 0.480 e. The highest BCUT2D eigenvalue weighted by atomic mass is 19.1. The second-order valence-electron chi connectivity index (χ2n) is 3.22. The zero-order valence-corrected chi connectivity index (χ0v) is 7.91. The molecule has 0 unspecified atom stereocenters. The van der Waals surface area contributed by atoms with Gasteiger partial charge in [-0.15, -0.1) is 0 Å². The van der Waals surface area contributed by atoms with Crippen LogP contribution in [0, 0.1) is 11.6 Å². The summed E-state index contributed by atoms with van der Waals surface area (Å²) in [6.07, 6.45) is 0.303. The molecule has 0 spiro atoms. The van der Waals surface area contributed by atoms with Gasteiger partial charge in [0.25, 0.3) is 0 Å². The van der Waals surface area contributed by atoms with Gasteiger partial charge in [-0.1, -0.05) is 6.07 Å². The lowest BCUT2D eigenvalue weighted by Gasteiger charge is -2.06. The number of carbonyl (C=O) groups is 1. The van der Waals surface area contributed by atoms with Gasteiger partial charge in [0.2, 0.25) is 0 Å². The van der Waals surface area contributed by atoms with Crippen LogP contribution < -0.4 is 5.73 Å². The van der Waals surface area contributed by atoms with Gasteiger partial charge in [0.1, 0.15) is 17.7 Å². The average Bonchev–Trinajstić information content (AvgIpc) is 2.15. The van der Waals surface area contributed by atoms with Crippen molar-refractivity contribution in [1.82, 2.24) is 0 Å². The van der Waals surface area contributed by atoms with E-state index in [0.717, 1.165) is 12.1 Å². The lowest BCUT2D eigenvalue weighted by molar-refractivity contribution is -0.138. The molecule has 15 heavy (non-hydrogen) atoms. The lowest BCUT2D eigenvalue weighted by Crippen LogP contribution is -2.30. The molecule has 0 saturated heterocycles. The molecule has 3 nitrogen and oxygen atoms in total. The van der Waals surface area contributed by atoms with Gasteiger partial charge in [0.15, 0.2) is 0 Å². The minimum Gasteiger partial charge on any atom is -0.480 e. The summed E-state index contributed by atoms with van der Waals surface area (Å²) in [7, 11) is 0. The average molecular weight is 215 g/mol. The molecule has 0 aliphatic rings. The number of hydrogen-bond donors (Lipinski definition) is 2. The summed E-state index contributed by atoms with van der Waals surface area (Å²) < 4.78 is 25.6. The Morgan fingerprint density at radius 3 is 2.67 bits per heavy atom. The molecule has 0 aliphatic carbocycles.